The fraction of sp³-hybridized carbons (Fsp3) is 1.00. The SMILES string of the molecule is C.C.C.CC1CCC1.CCC.CCC.CCC.CCC.CCC.CCC.C[C@H]1CCCN1.C[C@H]1CCCO1.C[C@H]1CCNC1.C[C@H]1CCO1.C[C@H]1CCOC1. The van der Waals surface area contributed by atoms with Crippen molar-refractivity contribution in [1.82, 2.24) is 10.6 Å². The van der Waals surface area contributed by atoms with Gasteiger partial charge < -0.3 is 24.8 Å². The Balaban J connectivity index is -0.0000000605. The Morgan fingerprint density at radius 2 is 0.836 bits per heavy atom. The van der Waals surface area contributed by atoms with Crippen LogP contribution in [-0.4, -0.2) is 64.3 Å². The van der Waals surface area contributed by atoms with E-state index in [2.05, 4.69) is 135 Å². The predicted molar refractivity (Wildman–Crippen MR) is 262 cm³/mol. The minimum Gasteiger partial charge on any atom is -0.381 e. The van der Waals surface area contributed by atoms with Crippen LogP contribution < -0.4 is 10.6 Å². The van der Waals surface area contributed by atoms with Crippen LogP contribution in [0.25, 0.3) is 0 Å². The first kappa shape index (κ1) is 75.6. The quantitative estimate of drug-likeness (QED) is 0.256. The zero-order valence-corrected chi connectivity index (χ0v) is 40.0. The van der Waals surface area contributed by atoms with Crippen LogP contribution in [0.15, 0.2) is 0 Å². The molecule has 0 aromatic carbocycles. The molecule has 0 unspecified atom stereocenters. The van der Waals surface area contributed by atoms with Crippen molar-refractivity contribution in [2.24, 2.45) is 17.8 Å². The highest BCUT2D eigenvalue weighted by molar-refractivity contribution is 4.67. The van der Waals surface area contributed by atoms with Crippen molar-refractivity contribution in [3.05, 3.63) is 0 Å². The maximum Gasteiger partial charge on any atom is 0.0568 e. The summed E-state index contributed by atoms with van der Waals surface area (Å²) in [5.74, 6) is 2.82. The molecule has 348 valence electrons. The number of ether oxygens (including phenoxy) is 3. The molecule has 5 nitrogen and oxygen atoms in total. The third-order valence-corrected chi connectivity index (χ3v) is 7.25. The van der Waals surface area contributed by atoms with Crippen LogP contribution in [0.2, 0.25) is 0 Å². The van der Waals surface area contributed by atoms with Crippen molar-refractivity contribution in [2.75, 3.05) is 46.1 Å². The van der Waals surface area contributed by atoms with Crippen LogP contribution in [0.5, 0.6) is 0 Å². The van der Waals surface area contributed by atoms with Crippen LogP contribution >= 0.6 is 0 Å². The second kappa shape index (κ2) is 71.5. The van der Waals surface area contributed by atoms with Crippen molar-refractivity contribution in [1.29, 1.82) is 0 Å². The Kier molecular flexibility index (Phi) is 98.3. The summed E-state index contributed by atoms with van der Waals surface area (Å²) in [4.78, 5) is 0. The molecule has 55 heavy (non-hydrogen) atoms. The third kappa shape index (κ3) is 91.1. The van der Waals surface area contributed by atoms with Gasteiger partial charge in [0.25, 0.3) is 0 Å². The smallest absolute Gasteiger partial charge is 0.0568 e. The lowest BCUT2D eigenvalue weighted by Crippen LogP contribution is -2.22. The highest BCUT2D eigenvalue weighted by Gasteiger charge is 2.10. The molecule has 6 rings (SSSR count). The Morgan fingerprint density at radius 1 is 0.418 bits per heavy atom. The average Bonchev–Trinajstić information content (AvgIpc) is 3.92. The van der Waals surface area contributed by atoms with E-state index in [-0.39, 0.29) is 22.3 Å². The molecular weight excluding hydrogens is 677 g/mol. The zero-order chi connectivity index (χ0) is 41.3. The third-order valence-electron chi connectivity index (χ3n) is 7.25. The van der Waals surface area contributed by atoms with Crippen LogP contribution in [-0.2, 0) is 14.2 Å². The van der Waals surface area contributed by atoms with Gasteiger partial charge in [0, 0.05) is 32.5 Å². The van der Waals surface area contributed by atoms with E-state index >= 15 is 0 Å². The lowest BCUT2D eigenvalue weighted by Gasteiger charge is -2.20. The van der Waals surface area contributed by atoms with Gasteiger partial charge in [-0.2, -0.15) is 0 Å². The Hall–Kier alpha value is -0.200. The standard InChI is InChI=1S/2C5H11N.2C5H10O.C5H10.C4H8O.6C3H8.3CH4/c1-5-2-3-6-4-5;1-5-3-2-4-6-5;1-5-2-3-6-4-5;1-5-3-2-4-6-5;1-5-3-2-4-5;1-4-2-3-5-4;6*1-3-2;;;/h2*5-6H,2-4H2,1H3;2*5H,2-4H2,1H3;5H,2-4H2,1H3;4H,2-3H2,1H3;6*3H2,1-2H3;3*1H4/t4*5-;;4-;;;;;;;;;/m0000.0........./s1. The number of nitrogens with one attached hydrogen (secondary N) is 2. The molecule has 0 bridgehead atoms. The van der Waals surface area contributed by atoms with Gasteiger partial charge in [-0.15, -0.1) is 0 Å². The fourth-order valence-corrected chi connectivity index (χ4v) is 4.01. The van der Waals surface area contributed by atoms with Gasteiger partial charge >= 0.3 is 0 Å². The topological polar surface area (TPSA) is 51.8 Å². The molecule has 0 aromatic heterocycles. The van der Waals surface area contributed by atoms with Gasteiger partial charge in [-0.1, -0.05) is 184 Å². The van der Waals surface area contributed by atoms with E-state index in [1.807, 2.05) is 0 Å². The lowest BCUT2D eigenvalue weighted by atomic mass is 9.88. The molecule has 6 fully saturated rings. The van der Waals surface area contributed by atoms with E-state index < -0.39 is 0 Å². The molecule has 5 saturated heterocycles. The molecule has 5 aliphatic heterocycles. The molecule has 0 aromatic rings. The molecule has 0 amide bonds. The molecule has 0 spiro atoms. The number of rotatable bonds is 0. The summed E-state index contributed by atoms with van der Waals surface area (Å²) in [5, 5.41) is 6.59. The monoisotopic (exact) mass is 797 g/mol. The first-order valence-electron chi connectivity index (χ1n) is 23.1. The van der Waals surface area contributed by atoms with E-state index in [0.29, 0.717) is 12.2 Å². The number of hydrogen-bond donors (Lipinski definition) is 2. The minimum absolute atomic E-state index is 0. The summed E-state index contributed by atoms with van der Waals surface area (Å²) in [6.07, 6.45) is 22.3. The van der Waals surface area contributed by atoms with E-state index in [4.69, 9.17) is 14.2 Å². The Bertz CT molecular complexity index is 422. The fourth-order valence-electron chi connectivity index (χ4n) is 4.01. The maximum atomic E-state index is 5.15. The van der Waals surface area contributed by atoms with E-state index in [9.17, 15) is 0 Å². The van der Waals surface area contributed by atoms with Crippen LogP contribution in [0.4, 0.5) is 0 Å². The molecular formula is C50H120N2O3. The summed E-state index contributed by atoms with van der Waals surface area (Å²) in [6.45, 7) is 46.4. The summed E-state index contributed by atoms with van der Waals surface area (Å²) >= 11 is 0. The van der Waals surface area contributed by atoms with Gasteiger partial charge in [-0.25, -0.2) is 0 Å². The van der Waals surface area contributed by atoms with E-state index in [0.717, 1.165) is 50.2 Å². The van der Waals surface area contributed by atoms with Crippen molar-refractivity contribution in [3.8, 4) is 0 Å². The molecule has 5 heterocycles. The predicted octanol–water partition coefficient (Wildman–Crippen LogP) is 16.6. The van der Waals surface area contributed by atoms with Gasteiger partial charge in [0.1, 0.15) is 0 Å². The molecule has 2 N–H and O–H groups in total. The largest absolute Gasteiger partial charge is 0.381 e. The molecule has 6 aliphatic rings. The number of hydrogen-bond acceptors (Lipinski definition) is 5. The maximum absolute atomic E-state index is 5.15. The van der Waals surface area contributed by atoms with Gasteiger partial charge in [0.15, 0.2) is 0 Å². The first-order chi connectivity index (χ1) is 24.8. The van der Waals surface area contributed by atoms with Gasteiger partial charge in [-0.3, -0.25) is 0 Å². The first-order valence-corrected chi connectivity index (χ1v) is 23.1. The summed E-state index contributed by atoms with van der Waals surface area (Å²) < 4.78 is 15.1. The Morgan fingerprint density at radius 3 is 0.909 bits per heavy atom. The summed E-state index contributed by atoms with van der Waals surface area (Å²) in [7, 11) is 0. The van der Waals surface area contributed by atoms with Gasteiger partial charge in [-0.05, 0) is 103 Å². The second-order valence-corrected chi connectivity index (χ2v) is 15.6. The lowest BCUT2D eigenvalue weighted by molar-refractivity contribution is -0.0375. The van der Waals surface area contributed by atoms with Crippen LogP contribution in [0.3, 0.4) is 0 Å². The summed E-state index contributed by atoms with van der Waals surface area (Å²) in [6, 6.07) is 0.796. The van der Waals surface area contributed by atoms with Crippen molar-refractivity contribution in [2.45, 2.75) is 268 Å². The van der Waals surface area contributed by atoms with Crippen molar-refractivity contribution < 1.29 is 14.2 Å². The van der Waals surface area contributed by atoms with E-state index in [1.165, 1.54) is 122 Å². The summed E-state index contributed by atoms with van der Waals surface area (Å²) in [5.41, 5.74) is 0. The highest BCUT2D eigenvalue weighted by atomic mass is 16.5. The minimum atomic E-state index is 0. The van der Waals surface area contributed by atoms with Crippen LogP contribution in [0.1, 0.15) is 250 Å². The van der Waals surface area contributed by atoms with Gasteiger partial charge in [0.05, 0.1) is 12.2 Å². The second-order valence-electron chi connectivity index (χ2n) is 15.6. The molecule has 0 radical (unpaired) electrons. The molecule has 5 heteroatoms. The average molecular weight is 798 g/mol. The molecule has 5 atom stereocenters. The van der Waals surface area contributed by atoms with E-state index in [1.54, 1.807) is 0 Å². The zero-order valence-electron chi connectivity index (χ0n) is 40.0. The van der Waals surface area contributed by atoms with Crippen molar-refractivity contribution in [3.63, 3.8) is 0 Å². The highest BCUT2D eigenvalue weighted by Crippen LogP contribution is 2.24. The Labute approximate surface area is 355 Å². The molecule has 1 aliphatic carbocycles. The van der Waals surface area contributed by atoms with Crippen molar-refractivity contribution >= 4 is 0 Å². The normalized spacial score (nSPS) is 22.7. The van der Waals surface area contributed by atoms with Crippen LogP contribution in [0, 0.1) is 17.8 Å². The van der Waals surface area contributed by atoms with Gasteiger partial charge in [0.2, 0.25) is 0 Å². The molecule has 1 saturated carbocycles.